The van der Waals surface area contributed by atoms with Crippen LogP contribution in [0.1, 0.15) is 48.4 Å². The Bertz CT molecular complexity index is 1180. The summed E-state index contributed by atoms with van der Waals surface area (Å²) in [5, 5.41) is 6.98. The maximum absolute atomic E-state index is 13.2. The second-order valence-electron chi connectivity index (χ2n) is 8.10. The van der Waals surface area contributed by atoms with E-state index in [0.717, 1.165) is 18.4 Å². The van der Waals surface area contributed by atoms with E-state index in [0.29, 0.717) is 54.0 Å². The number of methoxy groups -OCH3 is 2. The number of amides is 2. The summed E-state index contributed by atoms with van der Waals surface area (Å²) < 4.78 is 16.2. The number of benzene rings is 2. The van der Waals surface area contributed by atoms with E-state index < -0.39 is 0 Å². The molecular weight excluding hydrogens is 436 g/mol. The summed E-state index contributed by atoms with van der Waals surface area (Å²) >= 11 is 0. The number of hydrogen-bond acceptors (Lipinski definition) is 7. The highest BCUT2D eigenvalue weighted by molar-refractivity contribution is 5.97. The Morgan fingerprint density at radius 3 is 2.79 bits per heavy atom. The summed E-state index contributed by atoms with van der Waals surface area (Å²) in [7, 11) is 3.11. The van der Waals surface area contributed by atoms with Gasteiger partial charge in [0.2, 0.25) is 17.6 Å². The number of rotatable bonds is 7. The summed E-state index contributed by atoms with van der Waals surface area (Å²) in [6.45, 7) is 2.92. The molecule has 1 N–H and O–H groups in total. The molecule has 1 saturated heterocycles. The second-order valence-corrected chi connectivity index (χ2v) is 8.10. The molecule has 9 nitrogen and oxygen atoms in total. The standard InChI is InChI=1S/C25H28N4O5/c1-4-22(30)26-18-9-5-7-16(13-18)23-27-24(34-28-23)17-8-6-12-29(15-17)25(31)20-11-10-19(32-2)14-21(20)33-3/h5,7,9-11,13-14,17H,4,6,8,12,15H2,1-3H3,(H,26,30)/t17-/m0/s1. The molecule has 178 valence electrons. The van der Waals surface area contributed by atoms with Crippen LogP contribution < -0.4 is 14.8 Å². The Morgan fingerprint density at radius 1 is 1.18 bits per heavy atom. The Balaban J connectivity index is 1.49. The molecule has 2 aromatic carbocycles. The van der Waals surface area contributed by atoms with Crippen LogP contribution in [-0.2, 0) is 4.79 Å². The summed E-state index contributed by atoms with van der Waals surface area (Å²) in [6, 6.07) is 12.5. The van der Waals surface area contributed by atoms with Gasteiger partial charge in [0.05, 0.1) is 25.7 Å². The van der Waals surface area contributed by atoms with Crippen LogP contribution in [-0.4, -0.2) is 54.2 Å². The number of hydrogen-bond donors (Lipinski definition) is 1. The van der Waals surface area contributed by atoms with Crippen molar-refractivity contribution in [3.05, 3.63) is 53.9 Å². The molecule has 3 aromatic rings. The molecule has 0 unspecified atom stereocenters. The second kappa shape index (κ2) is 10.4. The zero-order chi connectivity index (χ0) is 24.1. The van der Waals surface area contributed by atoms with Gasteiger partial charge in [-0.3, -0.25) is 9.59 Å². The Kier molecular flexibility index (Phi) is 7.10. The van der Waals surface area contributed by atoms with Crippen LogP contribution in [0.2, 0.25) is 0 Å². The van der Waals surface area contributed by atoms with Gasteiger partial charge >= 0.3 is 0 Å². The van der Waals surface area contributed by atoms with Crippen LogP contribution in [0, 0.1) is 0 Å². The predicted octanol–water partition coefficient (Wildman–Crippen LogP) is 4.12. The normalized spacial score (nSPS) is 15.6. The van der Waals surface area contributed by atoms with E-state index in [-0.39, 0.29) is 17.7 Å². The number of nitrogens with one attached hydrogen (secondary N) is 1. The summed E-state index contributed by atoms with van der Waals surface area (Å²) in [4.78, 5) is 31.3. The van der Waals surface area contributed by atoms with E-state index in [1.54, 1.807) is 37.1 Å². The van der Waals surface area contributed by atoms with Crippen molar-refractivity contribution in [1.82, 2.24) is 15.0 Å². The van der Waals surface area contributed by atoms with Crippen LogP contribution in [0.5, 0.6) is 11.5 Å². The first-order valence-corrected chi connectivity index (χ1v) is 11.3. The van der Waals surface area contributed by atoms with Gasteiger partial charge in [-0.05, 0) is 37.1 Å². The molecule has 0 saturated carbocycles. The fourth-order valence-corrected chi connectivity index (χ4v) is 4.01. The van der Waals surface area contributed by atoms with Crippen molar-refractivity contribution in [2.24, 2.45) is 0 Å². The molecule has 0 aliphatic carbocycles. The van der Waals surface area contributed by atoms with Crippen molar-refractivity contribution in [2.75, 3.05) is 32.6 Å². The van der Waals surface area contributed by atoms with Gasteiger partial charge < -0.3 is 24.2 Å². The topological polar surface area (TPSA) is 107 Å². The SMILES string of the molecule is CCC(=O)Nc1cccc(-c2noc([C@H]3CCCN(C(=O)c4ccc(OC)cc4OC)C3)n2)c1. The molecule has 4 rings (SSSR count). The molecule has 1 aliphatic rings. The fraction of sp³-hybridized carbons (Fsp3) is 0.360. The average Bonchev–Trinajstić information content (AvgIpc) is 3.38. The van der Waals surface area contributed by atoms with E-state index in [2.05, 4.69) is 15.5 Å². The highest BCUT2D eigenvalue weighted by Crippen LogP contribution is 2.31. The van der Waals surface area contributed by atoms with E-state index in [4.69, 9.17) is 14.0 Å². The molecule has 0 bridgehead atoms. The van der Waals surface area contributed by atoms with Crippen molar-refractivity contribution in [3.63, 3.8) is 0 Å². The molecule has 1 fully saturated rings. The molecular formula is C25H28N4O5. The lowest BCUT2D eigenvalue weighted by molar-refractivity contribution is -0.115. The molecule has 9 heteroatoms. The number of carbonyl (C=O) groups is 2. The van der Waals surface area contributed by atoms with Crippen molar-refractivity contribution < 1.29 is 23.6 Å². The minimum atomic E-state index is -0.108. The summed E-state index contributed by atoms with van der Waals surface area (Å²) in [5.41, 5.74) is 1.91. The van der Waals surface area contributed by atoms with Crippen molar-refractivity contribution in [3.8, 4) is 22.9 Å². The van der Waals surface area contributed by atoms with Gasteiger partial charge in [0.15, 0.2) is 0 Å². The number of aromatic nitrogens is 2. The lowest BCUT2D eigenvalue weighted by Gasteiger charge is -2.31. The van der Waals surface area contributed by atoms with Crippen LogP contribution in [0.4, 0.5) is 5.69 Å². The van der Waals surface area contributed by atoms with Gasteiger partial charge in [-0.2, -0.15) is 4.98 Å². The van der Waals surface area contributed by atoms with Gasteiger partial charge in [0, 0.05) is 36.8 Å². The first-order valence-electron chi connectivity index (χ1n) is 11.3. The minimum Gasteiger partial charge on any atom is -0.497 e. The molecule has 0 spiro atoms. The maximum Gasteiger partial charge on any atom is 0.257 e. The zero-order valence-corrected chi connectivity index (χ0v) is 19.5. The average molecular weight is 465 g/mol. The smallest absolute Gasteiger partial charge is 0.257 e. The highest BCUT2D eigenvalue weighted by atomic mass is 16.5. The summed E-state index contributed by atoms with van der Waals surface area (Å²) in [5.74, 6) is 1.81. The van der Waals surface area contributed by atoms with Crippen LogP contribution in [0.15, 0.2) is 47.0 Å². The third-order valence-corrected chi connectivity index (χ3v) is 5.86. The van der Waals surface area contributed by atoms with Gasteiger partial charge in [-0.1, -0.05) is 24.2 Å². The molecule has 1 atom stereocenters. The maximum atomic E-state index is 13.2. The Morgan fingerprint density at radius 2 is 2.03 bits per heavy atom. The number of anilines is 1. The highest BCUT2D eigenvalue weighted by Gasteiger charge is 2.30. The first-order chi connectivity index (χ1) is 16.5. The third kappa shape index (κ3) is 5.03. The number of nitrogens with zero attached hydrogens (tertiary/aromatic N) is 3. The molecule has 2 amide bonds. The van der Waals surface area contributed by atoms with E-state index in [1.807, 2.05) is 24.3 Å². The number of piperidine rings is 1. The third-order valence-electron chi connectivity index (χ3n) is 5.86. The lowest BCUT2D eigenvalue weighted by Crippen LogP contribution is -2.39. The van der Waals surface area contributed by atoms with E-state index >= 15 is 0 Å². The van der Waals surface area contributed by atoms with E-state index in [9.17, 15) is 9.59 Å². The van der Waals surface area contributed by atoms with Crippen molar-refractivity contribution in [2.45, 2.75) is 32.1 Å². The van der Waals surface area contributed by atoms with Gasteiger partial charge in [0.1, 0.15) is 11.5 Å². The molecule has 1 aliphatic heterocycles. The molecule has 2 heterocycles. The van der Waals surface area contributed by atoms with E-state index in [1.165, 1.54) is 7.11 Å². The predicted molar refractivity (Wildman–Crippen MR) is 126 cm³/mol. The lowest BCUT2D eigenvalue weighted by atomic mass is 9.97. The first kappa shape index (κ1) is 23.3. The largest absolute Gasteiger partial charge is 0.497 e. The Labute approximate surface area is 198 Å². The zero-order valence-electron chi connectivity index (χ0n) is 19.5. The van der Waals surface area contributed by atoms with Crippen LogP contribution >= 0.6 is 0 Å². The van der Waals surface area contributed by atoms with Crippen molar-refractivity contribution >= 4 is 17.5 Å². The molecule has 1 aromatic heterocycles. The molecule has 34 heavy (non-hydrogen) atoms. The van der Waals surface area contributed by atoms with Crippen LogP contribution in [0.25, 0.3) is 11.4 Å². The summed E-state index contributed by atoms with van der Waals surface area (Å²) in [6.07, 6.45) is 2.07. The van der Waals surface area contributed by atoms with Gasteiger partial charge in [-0.25, -0.2) is 0 Å². The monoisotopic (exact) mass is 464 g/mol. The Hall–Kier alpha value is -3.88. The van der Waals surface area contributed by atoms with Crippen molar-refractivity contribution in [1.29, 1.82) is 0 Å². The number of likely N-dealkylation sites (tertiary alicyclic amines) is 1. The number of ether oxygens (including phenoxy) is 2. The number of carbonyl (C=O) groups excluding carboxylic acids is 2. The van der Waals surface area contributed by atoms with Gasteiger partial charge in [-0.15, -0.1) is 0 Å². The van der Waals surface area contributed by atoms with Gasteiger partial charge in [0.25, 0.3) is 5.91 Å². The minimum absolute atomic E-state index is 0.0635. The quantitative estimate of drug-likeness (QED) is 0.560. The fourth-order valence-electron chi connectivity index (χ4n) is 4.01. The molecule has 0 radical (unpaired) electrons. The van der Waals surface area contributed by atoms with Crippen LogP contribution in [0.3, 0.4) is 0 Å².